The number of nitrogens with zero attached hydrogens (tertiary/aromatic N) is 3. The van der Waals surface area contributed by atoms with Gasteiger partial charge in [0, 0.05) is 11.4 Å². The maximum atomic E-state index is 13.2. The number of esters is 1. The van der Waals surface area contributed by atoms with Crippen molar-refractivity contribution in [2.75, 3.05) is 18.2 Å². The Balaban J connectivity index is 2.08. The molecule has 0 aliphatic carbocycles. The molecule has 0 bridgehead atoms. The number of benzene rings is 1. The lowest BCUT2D eigenvalue weighted by atomic mass is 9.95. The molecule has 0 fully saturated rings. The SMILES string of the molecule is CCCCSc1nc2n(n1)C(c1ccc(OC(C)C)c(OC)c1)C(C(=O)OC(C)C)=C(C)N2. The summed E-state index contributed by atoms with van der Waals surface area (Å²) >= 11 is 1.61. The number of ether oxygens (including phenoxy) is 3. The highest BCUT2D eigenvalue weighted by atomic mass is 32.2. The molecule has 0 saturated heterocycles. The molecule has 33 heavy (non-hydrogen) atoms. The van der Waals surface area contributed by atoms with Gasteiger partial charge in [-0.2, -0.15) is 4.98 Å². The van der Waals surface area contributed by atoms with E-state index in [0.29, 0.717) is 33.9 Å². The van der Waals surface area contributed by atoms with E-state index in [2.05, 4.69) is 17.2 Å². The molecular weight excluding hydrogens is 440 g/mol. The number of rotatable bonds is 10. The van der Waals surface area contributed by atoms with Crippen LogP contribution >= 0.6 is 11.8 Å². The molecule has 0 radical (unpaired) electrons. The molecule has 1 aliphatic heterocycles. The van der Waals surface area contributed by atoms with Crippen molar-refractivity contribution in [2.45, 2.75) is 77.8 Å². The first-order valence-electron chi connectivity index (χ1n) is 11.4. The maximum absolute atomic E-state index is 13.2. The van der Waals surface area contributed by atoms with E-state index in [-0.39, 0.29) is 18.2 Å². The van der Waals surface area contributed by atoms with Crippen molar-refractivity contribution in [3.8, 4) is 11.5 Å². The molecule has 1 N–H and O–H groups in total. The van der Waals surface area contributed by atoms with Gasteiger partial charge in [-0.1, -0.05) is 31.2 Å². The fourth-order valence-electron chi connectivity index (χ4n) is 3.56. The molecule has 3 rings (SSSR count). The van der Waals surface area contributed by atoms with Crippen molar-refractivity contribution in [2.24, 2.45) is 0 Å². The van der Waals surface area contributed by atoms with Gasteiger partial charge in [-0.15, -0.1) is 5.10 Å². The third-order valence-electron chi connectivity index (χ3n) is 4.99. The van der Waals surface area contributed by atoms with E-state index in [0.717, 1.165) is 24.2 Å². The number of hydrogen-bond donors (Lipinski definition) is 1. The van der Waals surface area contributed by atoms with E-state index in [9.17, 15) is 4.79 Å². The molecule has 2 aromatic rings. The van der Waals surface area contributed by atoms with Gasteiger partial charge in [-0.3, -0.25) is 0 Å². The van der Waals surface area contributed by atoms with Crippen LogP contribution in [-0.2, 0) is 9.53 Å². The summed E-state index contributed by atoms with van der Waals surface area (Å²) in [6.07, 6.45) is 1.96. The van der Waals surface area contributed by atoms with Gasteiger partial charge in [0.1, 0.15) is 6.04 Å². The highest BCUT2D eigenvalue weighted by Crippen LogP contribution is 2.40. The van der Waals surface area contributed by atoms with Crippen LogP contribution in [0.3, 0.4) is 0 Å². The van der Waals surface area contributed by atoms with E-state index >= 15 is 0 Å². The van der Waals surface area contributed by atoms with Crippen molar-refractivity contribution < 1.29 is 19.0 Å². The number of thioether (sulfide) groups is 1. The highest BCUT2D eigenvalue weighted by Gasteiger charge is 2.36. The molecule has 180 valence electrons. The summed E-state index contributed by atoms with van der Waals surface area (Å²) in [6, 6.07) is 5.17. The number of carbonyl (C=O) groups excluding carboxylic acids is 1. The van der Waals surface area contributed by atoms with Gasteiger partial charge in [-0.25, -0.2) is 9.48 Å². The van der Waals surface area contributed by atoms with Gasteiger partial charge < -0.3 is 19.5 Å². The number of anilines is 1. The van der Waals surface area contributed by atoms with Crippen LogP contribution in [0.4, 0.5) is 5.95 Å². The topological polar surface area (TPSA) is 87.5 Å². The van der Waals surface area contributed by atoms with Crippen molar-refractivity contribution in [1.29, 1.82) is 0 Å². The van der Waals surface area contributed by atoms with E-state index < -0.39 is 6.04 Å². The number of hydrogen-bond acceptors (Lipinski definition) is 8. The first kappa shape index (κ1) is 25.0. The lowest BCUT2D eigenvalue weighted by Crippen LogP contribution is -2.30. The third-order valence-corrected chi connectivity index (χ3v) is 5.91. The van der Waals surface area contributed by atoms with Crippen LogP contribution in [0.5, 0.6) is 11.5 Å². The average molecular weight is 475 g/mol. The van der Waals surface area contributed by atoms with E-state index in [1.807, 2.05) is 52.8 Å². The molecule has 2 heterocycles. The van der Waals surface area contributed by atoms with Crippen LogP contribution in [0.25, 0.3) is 0 Å². The van der Waals surface area contributed by atoms with Crippen LogP contribution in [0.2, 0.25) is 0 Å². The summed E-state index contributed by atoms with van der Waals surface area (Å²) in [5.41, 5.74) is 2.01. The third kappa shape index (κ3) is 5.82. The monoisotopic (exact) mass is 474 g/mol. The van der Waals surface area contributed by atoms with Crippen molar-refractivity contribution in [3.05, 3.63) is 35.0 Å². The van der Waals surface area contributed by atoms with Crippen molar-refractivity contribution >= 4 is 23.7 Å². The minimum absolute atomic E-state index is 0.00646. The zero-order valence-corrected chi connectivity index (χ0v) is 21.3. The Bertz CT molecular complexity index is 1020. The second-order valence-electron chi connectivity index (χ2n) is 8.46. The van der Waals surface area contributed by atoms with Crippen LogP contribution in [0, 0.1) is 0 Å². The zero-order chi connectivity index (χ0) is 24.1. The Morgan fingerprint density at radius 2 is 1.97 bits per heavy atom. The fraction of sp³-hybridized carbons (Fsp3) is 0.542. The first-order chi connectivity index (χ1) is 15.7. The summed E-state index contributed by atoms with van der Waals surface area (Å²) in [6.45, 7) is 11.6. The predicted octanol–water partition coefficient (Wildman–Crippen LogP) is 5.21. The maximum Gasteiger partial charge on any atom is 0.338 e. The normalized spacial score (nSPS) is 15.5. The summed E-state index contributed by atoms with van der Waals surface area (Å²) in [4.78, 5) is 17.8. The fourth-order valence-corrected chi connectivity index (χ4v) is 4.47. The molecule has 9 heteroatoms. The second-order valence-corrected chi connectivity index (χ2v) is 9.52. The van der Waals surface area contributed by atoms with Gasteiger partial charge >= 0.3 is 5.97 Å². The lowest BCUT2D eigenvalue weighted by Gasteiger charge is -2.29. The van der Waals surface area contributed by atoms with Crippen LogP contribution in [-0.4, -0.2) is 45.8 Å². The summed E-state index contributed by atoms with van der Waals surface area (Å²) in [7, 11) is 1.60. The second kappa shape index (κ2) is 11.0. The molecule has 0 saturated carbocycles. The molecule has 8 nitrogen and oxygen atoms in total. The number of aromatic nitrogens is 3. The Morgan fingerprint density at radius 3 is 2.61 bits per heavy atom. The van der Waals surface area contributed by atoms with E-state index in [1.165, 1.54) is 0 Å². The number of allylic oxidation sites excluding steroid dienone is 1. The summed E-state index contributed by atoms with van der Waals surface area (Å²) in [5.74, 6) is 2.39. The minimum atomic E-state index is -0.512. The van der Waals surface area contributed by atoms with Gasteiger partial charge in [0.05, 0.1) is 24.9 Å². The number of carbonyl (C=O) groups is 1. The highest BCUT2D eigenvalue weighted by molar-refractivity contribution is 7.99. The summed E-state index contributed by atoms with van der Waals surface area (Å²) < 4.78 is 18.8. The molecule has 1 atom stereocenters. The summed E-state index contributed by atoms with van der Waals surface area (Å²) in [5, 5.41) is 8.66. The van der Waals surface area contributed by atoms with Crippen LogP contribution < -0.4 is 14.8 Å². The molecule has 1 aromatic heterocycles. The lowest BCUT2D eigenvalue weighted by molar-refractivity contribution is -0.143. The standard InChI is InChI=1S/C24H34N4O4S/c1-8-9-12-33-24-26-23-25-16(6)20(22(29)32-15(4)5)21(28(23)27-24)17-10-11-18(31-14(2)3)19(13-17)30-7/h10-11,13-15,21H,8-9,12H2,1-7H3,(H,25,26,27). The van der Waals surface area contributed by atoms with Gasteiger partial charge in [-0.05, 0) is 58.7 Å². The quantitative estimate of drug-likeness (QED) is 0.285. The van der Waals surface area contributed by atoms with Crippen LogP contribution in [0.15, 0.2) is 34.6 Å². The van der Waals surface area contributed by atoms with Crippen LogP contribution in [0.1, 0.15) is 66.0 Å². The Hall–Kier alpha value is -2.68. The molecular formula is C24H34N4O4S. The molecule has 1 aliphatic rings. The predicted molar refractivity (Wildman–Crippen MR) is 130 cm³/mol. The van der Waals surface area contributed by atoms with Crippen molar-refractivity contribution in [3.63, 3.8) is 0 Å². The largest absolute Gasteiger partial charge is 0.493 e. The van der Waals surface area contributed by atoms with Crippen molar-refractivity contribution in [1.82, 2.24) is 14.8 Å². The van der Waals surface area contributed by atoms with E-state index in [4.69, 9.17) is 19.3 Å². The molecule has 1 unspecified atom stereocenters. The van der Waals surface area contributed by atoms with Gasteiger partial charge in [0.2, 0.25) is 11.1 Å². The molecule has 0 amide bonds. The van der Waals surface area contributed by atoms with Gasteiger partial charge in [0.25, 0.3) is 0 Å². The zero-order valence-electron chi connectivity index (χ0n) is 20.5. The average Bonchev–Trinajstić information content (AvgIpc) is 3.14. The molecule has 0 spiro atoms. The Labute approximate surface area is 200 Å². The number of unbranched alkanes of at least 4 members (excludes halogenated alkanes) is 1. The van der Waals surface area contributed by atoms with Gasteiger partial charge in [0.15, 0.2) is 11.5 Å². The van der Waals surface area contributed by atoms with E-state index in [1.54, 1.807) is 23.6 Å². The smallest absolute Gasteiger partial charge is 0.338 e. The first-order valence-corrected chi connectivity index (χ1v) is 12.4. The number of nitrogens with one attached hydrogen (secondary N) is 1. The Kier molecular flexibility index (Phi) is 8.29. The Morgan fingerprint density at radius 1 is 1.21 bits per heavy atom. The minimum Gasteiger partial charge on any atom is -0.493 e. The molecule has 1 aromatic carbocycles. The number of fused-ring (bicyclic) bond motifs is 1. The number of methoxy groups -OCH3 is 1.